The SMILES string of the molecule is Cc1ccc(CC(N)Cc2ccc(F)c(Cl)c2)cc1C. The van der Waals surface area contributed by atoms with Crippen LogP contribution in [-0.2, 0) is 12.8 Å². The number of hydrogen-bond donors (Lipinski definition) is 1. The fraction of sp³-hybridized carbons (Fsp3) is 0.294. The summed E-state index contributed by atoms with van der Waals surface area (Å²) in [6.07, 6.45) is 1.49. The predicted molar refractivity (Wildman–Crippen MR) is 82.7 cm³/mol. The second-order valence-corrected chi connectivity index (χ2v) is 5.74. The number of nitrogens with two attached hydrogens (primary N) is 1. The van der Waals surface area contributed by atoms with Crippen molar-refractivity contribution >= 4 is 11.6 Å². The van der Waals surface area contributed by atoms with Crippen molar-refractivity contribution in [3.63, 3.8) is 0 Å². The van der Waals surface area contributed by atoms with Crippen molar-refractivity contribution in [2.45, 2.75) is 32.7 Å². The van der Waals surface area contributed by atoms with E-state index in [1.54, 1.807) is 12.1 Å². The van der Waals surface area contributed by atoms with Crippen LogP contribution in [0.4, 0.5) is 4.39 Å². The Labute approximate surface area is 124 Å². The lowest BCUT2D eigenvalue weighted by Gasteiger charge is -2.13. The zero-order chi connectivity index (χ0) is 14.7. The molecule has 2 N–H and O–H groups in total. The normalized spacial score (nSPS) is 12.4. The molecule has 0 aromatic heterocycles. The van der Waals surface area contributed by atoms with E-state index >= 15 is 0 Å². The monoisotopic (exact) mass is 291 g/mol. The topological polar surface area (TPSA) is 26.0 Å². The van der Waals surface area contributed by atoms with Gasteiger partial charge in [0.05, 0.1) is 5.02 Å². The Morgan fingerprint density at radius 1 is 1.00 bits per heavy atom. The average molecular weight is 292 g/mol. The van der Waals surface area contributed by atoms with Gasteiger partial charge in [0.1, 0.15) is 5.82 Å². The van der Waals surface area contributed by atoms with E-state index < -0.39 is 5.82 Å². The van der Waals surface area contributed by atoms with Gasteiger partial charge in [-0.25, -0.2) is 4.39 Å². The van der Waals surface area contributed by atoms with E-state index in [0.29, 0.717) is 6.42 Å². The summed E-state index contributed by atoms with van der Waals surface area (Å²) in [5.74, 6) is -0.391. The summed E-state index contributed by atoms with van der Waals surface area (Å²) in [4.78, 5) is 0. The van der Waals surface area contributed by atoms with E-state index in [9.17, 15) is 4.39 Å². The van der Waals surface area contributed by atoms with Gasteiger partial charge in [-0.2, -0.15) is 0 Å². The molecule has 0 bridgehead atoms. The van der Waals surface area contributed by atoms with Crippen molar-refractivity contribution in [3.05, 3.63) is 69.5 Å². The highest BCUT2D eigenvalue weighted by molar-refractivity contribution is 6.30. The van der Waals surface area contributed by atoms with E-state index in [0.717, 1.165) is 12.0 Å². The van der Waals surface area contributed by atoms with Crippen molar-refractivity contribution in [3.8, 4) is 0 Å². The fourth-order valence-corrected chi connectivity index (χ4v) is 2.48. The molecule has 0 aliphatic heterocycles. The van der Waals surface area contributed by atoms with Gasteiger partial charge in [0.2, 0.25) is 0 Å². The molecule has 1 nitrogen and oxygen atoms in total. The molecule has 0 aliphatic carbocycles. The third-order valence-corrected chi connectivity index (χ3v) is 3.84. The summed E-state index contributed by atoms with van der Waals surface area (Å²) in [5, 5.41) is 0.154. The maximum atomic E-state index is 13.1. The van der Waals surface area contributed by atoms with Crippen LogP contribution >= 0.6 is 11.6 Å². The highest BCUT2D eigenvalue weighted by Gasteiger charge is 2.08. The van der Waals surface area contributed by atoms with Crippen LogP contribution in [0.1, 0.15) is 22.3 Å². The number of benzene rings is 2. The molecule has 1 atom stereocenters. The van der Waals surface area contributed by atoms with Crippen LogP contribution in [0.25, 0.3) is 0 Å². The first-order chi connectivity index (χ1) is 9.45. The van der Waals surface area contributed by atoms with Gasteiger partial charge >= 0.3 is 0 Å². The molecule has 1 unspecified atom stereocenters. The minimum atomic E-state index is -0.391. The van der Waals surface area contributed by atoms with Gasteiger partial charge in [-0.3, -0.25) is 0 Å². The van der Waals surface area contributed by atoms with E-state index in [1.807, 2.05) is 0 Å². The number of halogens is 2. The molecule has 20 heavy (non-hydrogen) atoms. The van der Waals surface area contributed by atoms with Gasteiger partial charge in [0.25, 0.3) is 0 Å². The molecule has 106 valence electrons. The van der Waals surface area contributed by atoms with Gasteiger partial charge in [0, 0.05) is 6.04 Å². The second-order valence-electron chi connectivity index (χ2n) is 5.34. The average Bonchev–Trinajstić information content (AvgIpc) is 2.38. The van der Waals surface area contributed by atoms with Crippen molar-refractivity contribution in [2.75, 3.05) is 0 Å². The molecule has 0 saturated carbocycles. The molecular formula is C17H19ClFN. The lowest BCUT2D eigenvalue weighted by atomic mass is 9.97. The molecule has 3 heteroatoms. The van der Waals surface area contributed by atoms with Crippen molar-refractivity contribution in [1.29, 1.82) is 0 Å². The first-order valence-corrected chi connectivity index (χ1v) is 7.09. The predicted octanol–water partition coefficient (Wildman–Crippen LogP) is 4.21. The Kier molecular flexibility index (Phi) is 4.79. The lowest BCUT2D eigenvalue weighted by Crippen LogP contribution is -2.25. The zero-order valence-corrected chi connectivity index (χ0v) is 12.5. The number of aryl methyl sites for hydroxylation is 2. The molecule has 0 radical (unpaired) electrons. The van der Waals surface area contributed by atoms with E-state index in [1.165, 1.54) is 22.8 Å². The van der Waals surface area contributed by atoms with Gasteiger partial charge in [-0.15, -0.1) is 0 Å². The largest absolute Gasteiger partial charge is 0.327 e. The van der Waals surface area contributed by atoms with Gasteiger partial charge in [0.15, 0.2) is 0 Å². The third kappa shape index (κ3) is 3.81. The quantitative estimate of drug-likeness (QED) is 0.897. The molecule has 0 saturated heterocycles. The molecular weight excluding hydrogens is 273 g/mol. The maximum absolute atomic E-state index is 13.1. The van der Waals surface area contributed by atoms with Crippen LogP contribution in [0.3, 0.4) is 0 Å². The summed E-state index contributed by atoms with van der Waals surface area (Å²) in [7, 11) is 0. The van der Waals surface area contributed by atoms with Crippen LogP contribution in [0.2, 0.25) is 5.02 Å². The smallest absolute Gasteiger partial charge is 0.141 e. The Morgan fingerprint density at radius 2 is 1.60 bits per heavy atom. The Morgan fingerprint density at radius 3 is 2.20 bits per heavy atom. The van der Waals surface area contributed by atoms with Gasteiger partial charge < -0.3 is 5.73 Å². The fourth-order valence-electron chi connectivity index (χ4n) is 2.27. The van der Waals surface area contributed by atoms with Crippen molar-refractivity contribution in [1.82, 2.24) is 0 Å². The first-order valence-electron chi connectivity index (χ1n) is 6.71. The summed E-state index contributed by atoms with van der Waals surface area (Å²) in [5.41, 5.74) is 10.9. The first kappa shape index (κ1) is 15.0. The van der Waals surface area contributed by atoms with E-state index in [-0.39, 0.29) is 11.1 Å². The molecule has 0 amide bonds. The van der Waals surface area contributed by atoms with Crippen LogP contribution in [0.5, 0.6) is 0 Å². The van der Waals surface area contributed by atoms with Crippen LogP contribution in [0, 0.1) is 19.7 Å². The zero-order valence-electron chi connectivity index (χ0n) is 11.8. The highest BCUT2D eigenvalue weighted by Crippen LogP contribution is 2.18. The summed E-state index contributed by atoms with van der Waals surface area (Å²) < 4.78 is 13.1. The van der Waals surface area contributed by atoms with Gasteiger partial charge in [-0.05, 0) is 61.1 Å². The Balaban J connectivity index is 2.02. The Hall–Kier alpha value is -1.38. The third-order valence-electron chi connectivity index (χ3n) is 3.55. The molecule has 0 heterocycles. The summed E-state index contributed by atoms with van der Waals surface area (Å²) in [6.45, 7) is 4.20. The molecule has 2 rings (SSSR count). The molecule has 2 aromatic rings. The number of rotatable bonds is 4. The van der Waals surface area contributed by atoms with Gasteiger partial charge in [-0.1, -0.05) is 35.9 Å². The molecule has 0 aliphatic rings. The second kappa shape index (κ2) is 6.38. The Bertz CT molecular complexity index is 556. The lowest BCUT2D eigenvalue weighted by molar-refractivity contribution is 0.624. The van der Waals surface area contributed by atoms with E-state index in [2.05, 4.69) is 32.0 Å². The highest BCUT2D eigenvalue weighted by atomic mass is 35.5. The van der Waals surface area contributed by atoms with E-state index in [4.69, 9.17) is 17.3 Å². The standard InChI is InChI=1S/C17H19ClFN/c1-11-3-4-13(7-12(11)2)8-15(20)9-14-5-6-17(19)16(18)10-14/h3-7,10,15H,8-9,20H2,1-2H3. The summed E-state index contributed by atoms with van der Waals surface area (Å²) >= 11 is 5.78. The minimum absolute atomic E-state index is 0.00126. The molecule has 2 aromatic carbocycles. The van der Waals surface area contributed by atoms with Crippen LogP contribution in [0.15, 0.2) is 36.4 Å². The maximum Gasteiger partial charge on any atom is 0.141 e. The minimum Gasteiger partial charge on any atom is -0.327 e. The molecule has 0 fully saturated rings. The molecule has 0 spiro atoms. The summed E-state index contributed by atoms with van der Waals surface area (Å²) in [6, 6.07) is 11.2. The van der Waals surface area contributed by atoms with Crippen LogP contribution < -0.4 is 5.73 Å². The number of hydrogen-bond acceptors (Lipinski definition) is 1. The van der Waals surface area contributed by atoms with Crippen molar-refractivity contribution < 1.29 is 4.39 Å². The van der Waals surface area contributed by atoms with Crippen LogP contribution in [-0.4, -0.2) is 6.04 Å². The van der Waals surface area contributed by atoms with Crippen molar-refractivity contribution in [2.24, 2.45) is 5.73 Å².